The van der Waals surface area contributed by atoms with Crippen LogP contribution in [-0.4, -0.2) is 35.9 Å². The zero-order valence-corrected chi connectivity index (χ0v) is 14.3. The normalized spacial score (nSPS) is 16.3. The van der Waals surface area contributed by atoms with Gasteiger partial charge in [0.1, 0.15) is 18.3 Å². The van der Waals surface area contributed by atoms with Crippen molar-refractivity contribution in [1.82, 2.24) is 10.2 Å². The Labute approximate surface area is 150 Å². The predicted octanol–water partition coefficient (Wildman–Crippen LogP) is 2.32. The number of carbonyl (C=O) groups is 3. The Morgan fingerprint density at radius 3 is 2.54 bits per heavy atom. The van der Waals surface area contributed by atoms with E-state index >= 15 is 0 Å². The number of benzene rings is 2. The van der Waals surface area contributed by atoms with Gasteiger partial charge < -0.3 is 15.4 Å². The number of rotatable bonds is 6. The summed E-state index contributed by atoms with van der Waals surface area (Å²) in [5, 5.41) is 5.28. The number of hydrogen-bond acceptors (Lipinski definition) is 4. The molecule has 0 spiro atoms. The van der Waals surface area contributed by atoms with Gasteiger partial charge in [-0.15, -0.1) is 0 Å². The highest BCUT2D eigenvalue weighted by Crippen LogP contribution is 2.24. The second-order valence-corrected chi connectivity index (χ2v) is 5.69. The molecule has 1 atom stereocenters. The highest BCUT2D eigenvalue weighted by atomic mass is 16.5. The van der Waals surface area contributed by atoms with Gasteiger partial charge in [0, 0.05) is 0 Å². The molecule has 7 nitrogen and oxygen atoms in total. The van der Waals surface area contributed by atoms with Crippen molar-refractivity contribution in [3.8, 4) is 5.75 Å². The van der Waals surface area contributed by atoms with Crippen molar-refractivity contribution in [2.24, 2.45) is 0 Å². The van der Waals surface area contributed by atoms with Gasteiger partial charge in [-0.2, -0.15) is 0 Å². The zero-order valence-electron chi connectivity index (χ0n) is 14.3. The Balaban J connectivity index is 1.68. The first-order valence-corrected chi connectivity index (χ1v) is 8.28. The van der Waals surface area contributed by atoms with Crippen LogP contribution in [0.25, 0.3) is 0 Å². The Morgan fingerprint density at radius 1 is 1.12 bits per heavy atom. The van der Waals surface area contributed by atoms with Crippen LogP contribution >= 0.6 is 0 Å². The standard InChI is InChI=1S/C19H19N3O4/c1-2-26-15-11-7-6-10-14(15)20-16(23)12-22-18(24)17(21-19(22)25)13-8-4-3-5-9-13/h3-11,17H,2,12H2,1H3,(H,20,23)(H,21,25). The number of nitrogens with one attached hydrogen (secondary N) is 2. The van der Waals surface area contributed by atoms with E-state index in [0.717, 1.165) is 4.90 Å². The molecule has 134 valence electrons. The van der Waals surface area contributed by atoms with E-state index in [1.54, 1.807) is 48.5 Å². The first-order valence-electron chi connectivity index (χ1n) is 8.28. The number of amides is 4. The number of nitrogens with zero attached hydrogens (tertiary/aromatic N) is 1. The van der Waals surface area contributed by atoms with Crippen LogP contribution in [0.5, 0.6) is 5.75 Å². The van der Waals surface area contributed by atoms with Gasteiger partial charge in [-0.05, 0) is 24.6 Å². The van der Waals surface area contributed by atoms with Crippen LogP contribution in [0.4, 0.5) is 10.5 Å². The van der Waals surface area contributed by atoms with E-state index in [-0.39, 0.29) is 6.54 Å². The maximum atomic E-state index is 12.5. The van der Waals surface area contributed by atoms with Crippen LogP contribution in [0.3, 0.4) is 0 Å². The van der Waals surface area contributed by atoms with E-state index in [1.807, 2.05) is 13.0 Å². The van der Waals surface area contributed by atoms with Crippen LogP contribution in [0.15, 0.2) is 54.6 Å². The van der Waals surface area contributed by atoms with Gasteiger partial charge in [0.15, 0.2) is 0 Å². The molecule has 1 unspecified atom stereocenters. The van der Waals surface area contributed by atoms with Crippen LogP contribution in [0.1, 0.15) is 18.5 Å². The number of imide groups is 1. The van der Waals surface area contributed by atoms with Crippen LogP contribution < -0.4 is 15.4 Å². The van der Waals surface area contributed by atoms with Gasteiger partial charge in [-0.1, -0.05) is 42.5 Å². The second-order valence-electron chi connectivity index (χ2n) is 5.69. The van der Waals surface area contributed by atoms with Gasteiger partial charge in [-0.25, -0.2) is 4.79 Å². The van der Waals surface area contributed by atoms with Crippen molar-refractivity contribution >= 4 is 23.5 Å². The fourth-order valence-corrected chi connectivity index (χ4v) is 2.72. The van der Waals surface area contributed by atoms with Gasteiger partial charge >= 0.3 is 6.03 Å². The summed E-state index contributed by atoms with van der Waals surface area (Å²) in [5.74, 6) is -0.397. The number of anilines is 1. The quantitative estimate of drug-likeness (QED) is 0.780. The summed E-state index contributed by atoms with van der Waals surface area (Å²) < 4.78 is 5.45. The van der Waals surface area contributed by atoms with E-state index in [1.165, 1.54) is 0 Å². The summed E-state index contributed by atoms with van der Waals surface area (Å²) in [7, 11) is 0. The third-order valence-corrected chi connectivity index (χ3v) is 3.92. The average Bonchev–Trinajstić information content (AvgIpc) is 2.92. The molecular formula is C19H19N3O4. The second kappa shape index (κ2) is 7.69. The molecule has 0 saturated carbocycles. The van der Waals surface area contributed by atoms with Gasteiger partial charge in [0.05, 0.1) is 12.3 Å². The number of para-hydroxylation sites is 2. The third-order valence-electron chi connectivity index (χ3n) is 3.92. The van der Waals surface area contributed by atoms with Crippen molar-refractivity contribution in [2.45, 2.75) is 13.0 Å². The molecule has 2 N–H and O–H groups in total. The summed E-state index contributed by atoms with van der Waals surface area (Å²) in [6, 6.07) is 14.5. The van der Waals surface area contributed by atoms with Gasteiger partial charge in [-0.3, -0.25) is 14.5 Å². The molecule has 2 aromatic rings. The first-order chi connectivity index (χ1) is 12.6. The maximum Gasteiger partial charge on any atom is 0.325 e. The Hall–Kier alpha value is -3.35. The Kier molecular flexibility index (Phi) is 5.17. The lowest BCUT2D eigenvalue weighted by Crippen LogP contribution is -2.38. The SMILES string of the molecule is CCOc1ccccc1NC(=O)CN1C(=O)NC(c2ccccc2)C1=O. The molecule has 1 aliphatic heterocycles. The predicted molar refractivity (Wildman–Crippen MR) is 95.7 cm³/mol. The highest BCUT2D eigenvalue weighted by Gasteiger charge is 2.39. The molecule has 7 heteroatoms. The summed E-state index contributed by atoms with van der Waals surface area (Å²) in [6.07, 6.45) is 0. The maximum absolute atomic E-state index is 12.5. The molecule has 0 radical (unpaired) electrons. The molecule has 1 aliphatic rings. The largest absolute Gasteiger partial charge is 0.492 e. The van der Waals surface area contributed by atoms with Crippen molar-refractivity contribution in [3.05, 3.63) is 60.2 Å². The zero-order chi connectivity index (χ0) is 18.5. The molecule has 0 bridgehead atoms. The van der Waals surface area contributed by atoms with Gasteiger partial charge in [0.25, 0.3) is 5.91 Å². The topological polar surface area (TPSA) is 87.7 Å². The third kappa shape index (κ3) is 3.66. The highest BCUT2D eigenvalue weighted by molar-refractivity contribution is 6.08. The molecule has 1 saturated heterocycles. The monoisotopic (exact) mass is 353 g/mol. The number of urea groups is 1. The molecule has 0 aliphatic carbocycles. The summed E-state index contributed by atoms with van der Waals surface area (Å²) in [5.41, 5.74) is 1.17. The molecule has 2 aromatic carbocycles. The smallest absolute Gasteiger partial charge is 0.325 e. The Bertz CT molecular complexity index is 823. The fraction of sp³-hybridized carbons (Fsp3) is 0.211. The van der Waals surface area contributed by atoms with E-state index in [0.29, 0.717) is 23.6 Å². The minimum atomic E-state index is -0.771. The minimum absolute atomic E-state index is 0.367. The average molecular weight is 353 g/mol. The van der Waals surface area contributed by atoms with Crippen LogP contribution in [-0.2, 0) is 9.59 Å². The van der Waals surface area contributed by atoms with Crippen LogP contribution in [0, 0.1) is 0 Å². The lowest BCUT2D eigenvalue weighted by molar-refractivity contribution is -0.130. The van der Waals surface area contributed by atoms with Crippen molar-refractivity contribution < 1.29 is 19.1 Å². The number of carbonyl (C=O) groups excluding carboxylic acids is 3. The molecule has 1 fully saturated rings. The first kappa shape index (κ1) is 17.5. The summed E-state index contributed by atoms with van der Waals surface area (Å²) >= 11 is 0. The molecule has 0 aromatic heterocycles. The van der Waals surface area contributed by atoms with E-state index < -0.39 is 23.9 Å². The molecule has 3 rings (SSSR count). The van der Waals surface area contributed by atoms with Crippen molar-refractivity contribution in [2.75, 3.05) is 18.5 Å². The van der Waals surface area contributed by atoms with Crippen molar-refractivity contribution in [3.63, 3.8) is 0 Å². The summed E-state index contributed by atoms with van der Waals surface area (Å²) in [4.78, 5) is 37.9. The lowest BCUT2D eigenvalue weighted by Gasteiger charge is -2.15. The Morgan fingerprint density at radius 2 is 1.81 bits per heavy atom. The fourth-order valence-electron chi connectivity index (χ4n) is 2.72. The molecular weight excluding hydrogens is 334 g/mol. The van der Waals surface area contributed by atoms with E-state index in [4.69, 9.17) is 4.74 Å². The van der Waals surface area contributed by atoms with E-state index in [9.17, 15) is 14.4 Å². The number of hydrogen-bond donors (Lipinski definition) is 2. The molecule has 4 amide bonds. The lowest BCUT2D eigenvalue weighted by atomic mass is 10.1. The molecule has 1 heterocycles. The van der Waals surface area contributed by atoms with Crippen molar-refractivity contribution in [1.29, 1.82) is 0 Å². The number of ether oxygens (including phenoxy) is 1. The minimum Gasteiger partial charge on any atom is -0.492 e. The van der Waals surface area contributed by atoms with Gasteiger partial charge in [0.2, 0.25) is 5.91 Å². The van der Waals surface area contributed by atoms with E-state index in [2.05, 4.69) is 10.6 Å². The van der Waals surface area contributed by atoms with Crippen LogP contribution in [0.2, 0.25) is 0 Å². The summed E-state index contributed by atoms with van der Waals surface area (Å²) in [6.45, 7) is 1.93. The molecule has 26 heavy (non-hydrogen) atoms.